The fraction of sp³-hybridized carbons (Fsp3) is 0.229. The van der Waals surface area contributed by atoms with Crippen LogP contribution in [-0.4, -0.2) is 64.2 Å². The molecule has 0 radical (unpaired) electrons. The first-order chi connectivity index (χ1) is 26.8. The smallest absolute Gasteiger partial charge is 0.492 e. The number of carbonyl (C=O) groups is 2. The van der Waals surface area contributed by atoms with Gasteiger partial charge in [0.25, 0.3) is 6.08 Å². The van der Waals surface area contributed by atoms with E-state index in [1.54, 1.807) is 13.0 Å². The van der Waals surface area contributed by atoms with Gasteiger partial charge in [-0.2, -0.15) is 22.0 Å². The van der Waals surface area contributed by atoms with E-state index in [4.69, 9.17) is 28.7 Å². The molecule has 4 aromatic carbocycles. The van der Waals surface area contributed by atoms with E-state index in [0.29, 0.717) is 22.1 Å². The second-order valence-electron chi connectivity index (χ2n) is 12.3. The largest absolute Gasteiger partial charge is 0.508 e. The molecule has 4 aromatic rings. The first-order valence-corrected chi connectivity index (χ1v) is 20.4. The van der Waals surface area contributed by atoms with Crippen molar-refractivity contribution in [2.75, 3.05) is 0 Å². The number of hydrogen-bond acceptors (Lipinski definition) is 15. The number of carbonyl (C=O) groups excluding carboxylic acids is 3. The van der Waals surface area contributed by atoms with Crippen LogP contribution in [0.25, 0.3) is 0 Å². The van der Waals surface area contributed by atoms with E-state index in [1.165, 1.54) is 18.2 Å². The molecule has 300 valence electrons. The molecule has 0 spiro atoms. The zero-order valence-corrected chi connectivity index (χ0v) is 32.6. The number of halogens is 1. The van der Waals surface area contributed by atoms with Crippen molar-refractivity contribution in [2.45, 2.75) is 52.1 Å². The molecule has 0 saturated heterocycles. The summed E-state index contributed by atoms with van der Waals surface area (Å²) < 4.78 is 69.5. The molecule has 5 N–H and O–H groups in total. The van der Waals surface area contributed by atoms with Crippen molar-refractivity contribution in [2.24, 2.45) is 9.54 Å². The van der Waals surface area contributed by atoms with Gasteiger partial charge in [0.05, 0.1) is 25.0 Å². The van der Waals surface area contributed by atoms with Crippen LogP contribution in [0.5, 0.6) is 11.5 Å². The Morgan fingerprint density at radius 2 is 1.23 bits per heavy atom. The summed E-state index contributed by atoms with van der Waals surface area (Å²) in [7, 11) is -6.26. The van der Waals surface area contributed by atoms with Gasteiger partial charge in [0, 0.05) is 10.7 Å². The SMILES string of the molecule is Cc1cc(O)cc2c1C(CC(=O)OCc1ccccc1)OB2O.Cc1cc(OS(N)(=O)=O)cc2c1C(CC(=O)OCc1ccccc1)OB2O.O=C=NS(=O)(=O)Cl. The van der Waals surface area contributed by atoms with Crippen LogP contribution < -0.4 is 20.2 Å². The van der Waals surface area contributed by atoms with Crippen LogP contribution in [-0.2, 0) is 65.9 Å². The minimum absolute atomic E-state index is 0.0164. The van der Waals surface area contributed by atoms with E-state index < -0.39 is 57.9 Å². The molecular weight excluding hydrogens is 810 g/mol. The Hall–Kier alpha value is -5.08. The van der Waals surface area contributed by atoms with Gasteiger partial charge < -0.3 is 38.1 Å². The Balaban J connectivity index is 0.000000219. The van der Waals surface area contributed by atoms with Gasteiger partial charge in [-0.3, -0.25) is 9.59 Å². The summed E-state index contributed by atoms with van der Waals surface area (Å²) in [6, 6.07) is 24.5. The van der Waals surface area contributed by atoms with Gasteiger partial charge >= 0.3 is 45.7 Å². The highest BCUT2D eigenvalue weighted by molar-refractivity contribution is 8.12. The maximum Gasteiger partial charge on any atom is 0.492 e. The Bertz CT molecular complexity index is 2340. The second-order valence-corrected chi connectivity index (χ2v) is 15.7. The lowest BCUT2D eigenvalue weighted by atomic mass is 9.77. The number of aryl methyl sites for hydroxylation is 2. The number of phenols is 1. The average Bonchev–Trinajstić information content (AvgIpc) is 3.61. The fourth-order valence-electron chi connectivity index (χ4n) is 5.90. The molecule has 2 aliphatic rings. The second kappa shape index (κ2) is 19.9. The number of nitrogens with zero attached hydrogens (tertiary/aromatic N) is 1. The molecule has 2 unspecified atom stereocenters. The Kier molecular flexibility index (Phi) is 15.6. The lowest BCUT2D eigenvalue weighted by molar-refractivity contribution is -0.148. The van der Waals surface area contributed by atoms with Gasteiger partial charge in [-0.1, -0.05) is 65.1 Å². The third kappa shape index (κ3) is 13.8. The van der Waals surface area contributed by atoms with Crippen LogP contribution in [0.1, 0.15) is 58.4 Å². The fourth-order valence-corrected chi connectivity index (χ4v) is 6.44. The molecule has 0 bridgehead atoms. The van der Waals surface area contributed by atoms with Crippen molar-refractivity contribution in [3.05, 3.63) is 118 Å². The predicted molar refractivity (Wildman–Crippen MR) is 205 cm³/mol. The summed E-state index contributed by atoms with van der Waals surface area (Å²) in [6.45, 7) is 3.85. The Labute approximate surface area is 333 Å². The zero-order valence-electron chi connectivity index (χ0n) is 30.2. The van der Waals surface area contributed by atoms with Crippen LogP contribution in [0.4, 0.5) is 0 Å². The highest BCUT2D eigenvalue weighted by atomic mass is 35.7. The van der Waals surface area contributed by atoms with Crippen molar-refractivity contribution >= 4 is 73.4 Å². The Morgan fingerprint density at radius 1 is 0.789 bits per heavy atom. The van der Waals surface area contributed by atoms with E-state index in [9.17, 15) is 41.6 Å². The van der Waals surface area contributed by atoms with Gasteiger partial charge in [-0.25, -0.2) is 4.79 Å². The average molecular weight is 845 g/mol. The molecule has 22 heteroatoms. The molecule has 2 atom stereocenters. The summed E-state index contributed by atoms with van der Waals surface area (Å²) in [4.78, 5) is 33.2. The topological polar surface area (TPSA) is 265 Å². The Morgan fingerprint density at radius 3 is 1.63 bits per heavy atom. The van der Waals surface area contributed by atoms with Crippen molar-refractivity contribution in [3.8, 4) is 11.5 Å². The molecule has 0 aliphatic carbocycles. The predicted octanol–water partition coefficient (Wildman–Crippen LogP) is 1.87. The van der Waals surface area contributed by atoms with E-state index in [0.717, 1.165) is 28.3 Å². The van der Waals surface area contributed by atoms with Crippen molar-refractivity contribution < 1.29 is 69.3 Å². The summed E-state index contributed by atoms with van der Waals surface area (Å²) in [5, 5.41) is 34.5. The summed E-state index contributed by atoms with van der Waals surface area (Å²) in [6.07, 6.45) is -0.584. The van der Waals surface area contributed by atoms with Crippen LogP contribution in [0.2, 0.25) is 0 Å². The number of rotatable bonds is 11. The summed E-state index contributed by atoms with van der Waals surface area (Å²) >= 11 is 0. The van der Waals surface area contributed by atoms with Gasteiger partial charge in [0.2, 0.25) is 0 Å². The minimum atomic E-state index is -4.19. The molecular formula is C35H35B2ClN2O15S2. The highest BCUT2D eigenvalue weighted by Gasteiger charge is 2.39. The van der Waals surface area contributed by atoms with Crippen LogP contribution in [0, 0.1) is 13.8 Å². The molecule has 0 amide bonds. The van der Waals surface area contributed by atoms with Gasteiger partial charge in [0.1, 0.15) is 24.7 Å². The molecule has 0 aromatic heterocycles. The first-order valence-electron chi connectivity index (χ1n) is 16.6. The maximum atomic E-state index is 12.2. The van der Waals surface area contributed by atoms with E-state index in [2.05, 4.69) is 19.3 Å². The van der Waals surface area contributed by atoms with Crippen molar-refractivity contribution in [1.82, 2.24) is 0 Å². The minimum Gasteiger partial charge on any atom is -0.508 e. The summed E-state index contributed by atoms with van der Waals surface area (Å²) in [5.74, 6) is -0.848. The lowest BCUT2D eigenvalue weighted by Crippen LogP contribution is -2.29. The number of nitrogens with two attached hydrogens (primary N) is 1. The molecule has 6 rings (SSSR count). The number of isocyanates is 1. The number of fused-ring (bicyclic) bond motifs is 2. The maximum absolute atomic E-state index is 12.2. The van der Waals surface area contributed by atoms with E-state index >= 15 is 0 Å². The summed E-state index contributed by atoms with van der Waals surface area (Å²) in [5.41, 5.74) is 5.32. The van der Waals surface area contributed by atoms with Crippen LogP contribution in [0.15, 0.2) is 89.3 Å². The van der Waals surface area contributed by atoms with Gasteiger partial charge in [-0.15, -0.1) is 0 Å². The molecule has 0 fully saturated rings. The van der Waals surface area contributed by atoms with Gasteiger partial charge in [0.15, 0.2) is 0 Å². The van der Waals surface area contributed by atoms with Gasteiger partial charge in [-0.05, 0) is 82.4 Å². The number of aromatic hydroxyl groups is 1. The first kappa shape index (κ1) is 44.6. The monoisotopic (exact) mass is 844 g/mol. The number of phenolic OH excluding ortho intramolecular Hbond substituents is 1. The normalized spacial score (nSPS) is 15.4. The number of ether oxygens (including phenoxy) is 2. The quantitative estimate of drug-likeness (QED) is 0.0552. The van der Waals surface area contributed by atoms with E-state index in [1.807, 2.05) is 67.6 Å². The van der Waals surface area contributed by atoms with E-state index in [-0.39, 0.29) is 37.6 Å². The molecule has 0 saturated carbocycles. The molecule has 2 aliphatic heterocycles. The van der Waals surface area contributed by atoms with Crippen LogP contribution >= 0.6 is 10.7 Å². The van der Waals surface area contributed by atoms with Crippen LogP contribution in [0.3, 0.4) is 0 Å². The third-order valence-electron chi connectivity index (χ3n) is 8.11. The highest BCUT2D eigenvalue weighted by Crippen LogP contribution is 2.33. The standard InChI is InChI=1S/C17H18BNO7S.C17H17BO5.CClNO3S/c1-11-7-13(26-27(19,22)23)8-14-17(11)15(25-18(14)21)9-16(20)24-10-12-5-3-2-4-6-12;1-11-7-13(19)8-14-17(11)15(23-18(14)21)9-16(20)22-10-12-5-3-2-4-6-12;2-7(5,6)3-1-4/h2-8,15,21H,9-10H2,1H3,(H2,19,22,23);2-8,15,19,21H,9-10H2,1H3;. The lowest BCUT2D eigenvalue weighted by Gasteiger charge is -2.14. The zero-order chi connectivity index (χ0) is 41.9. The number of esters is 2. The van der Waals surface area contributed by atoms with Crippen molar-refractivity contribution in [1.29, 1.82) is 0 Å². The molecule has 2 heterocycles. The molecule has 57 heavy (non-hydrogen) atoms. The third-order valence-corrected chi connectivity index (χ3v) is 9.03. The molecule has 17 nitrogen and oxygen atoms in total. The van der Waals surface area contributed by atoms with Crippen molar-refractivity contribution in [3.63, 3.8) is 0 Å². The number of hydrogen-bond donors (Lipinski definition) is 4. The number of benzene rings is 4.